The summed E-state index contributed by atoms with van der Waals surface area (Å²) in [7, 11) is 2.15. The molecular weight excluding hydrogens is 283 g/mol. The van der Waals surface area contributed by atoms with Gasteiger partial charge in [-0.2, -0.15) is 0 Å². The van der Waals surface area contributed by atoms with E-state index in [1.165, 1.54) is 31.7 Å². The lowest BCUT2D eigenvalue weighted by Crippen LogP contribution is -2.28. The van der Waals surface area contributed by atoms with Crippen LogP contribution in [0.3, 0.4) is 0 Å². The molecule has 0 spiro atoms. The molecule has 2 aliphatic rings. The van der Waals surface area contributed by atoms with Gasteiger partial charge in [0.15, 0.2) is 0 Å². The van der Waals surface area contributed by atoms with Crippen LogP contribution in [0.15, 0.2) is 18.2 Å². The average molecular weight is 306 g/mol. The van der Waals surface area contributed by atoms with Crippen molar-refractivity contribution in [3.8, 4) is 0 Å². The molecule has 2 nitrogen and oxygen atoms in total. The fraction of sp³-hybridized carbons (Fsp3) is 0.588. The van der Waals surface area contributed by atoms with Crippen molar-refractivity contribution in [1.82, 2.24) is 4.90 Å². The highest BCUT2D eigenvalue weighted by Crippen LogP contribution is 2.48. The predicted octanol–water partition coefficient (Wildman–Crippen LogP) is 3.33. The number of thiocarbonyl (C=S) groups is 1. The van der Waals surface area contributed by atoms with Crippen molar-refractivity contribution >= 4 is 17.2 Å². The summed E-state index contributed by atoms with van der Waals surface area (Å²) < 4.78 is 13.6. The van der Waals surface area contributed by atoms with Gasteiger partial charge in [0.05, 0.1) is 0 Å². The standard InChI is InChI=1S/C17H23FN2S/c1-20(10-14-7-11-2-4-13(14)6-11)9-12-3-5-16(18)15(8-12)17(19)21/h3,5,8,11,13-14H,2,4,6-7,9-10H2,1H3,(H2,19,21). The highest BCUT2D eigenvalue weighted by molar-refractivity contribution is 7.80. The predicted molar refractivity (Wildman–Crippen MR) is 87.6 cm³/mol. The molecule has 1 aromatic rings. The number of fused-ring (bicyclic) bond motifs is 2. The molecule has 4 heteroatoms. The molecule has 0 heterocycles. The van der Waals surface area contributed by atoms with E-state index in [2.05, 4.69) is 11.9 Å². The molecule has 3 unspecified atom stereocenters. The summed E-state index contributed by atoms with van der Waals surface area (Å²) in [4.78, 5) is 2.48. The Bertz CT molecular complexity index is 546. The molecule has 2 saturated carbocycles. The van der Waals surface area contributed by atoms with Crippen molar-refractivity contribution in [3.05, 3.63) is 35.1 Å². The van der Waals surface area contributed by atoms with E-state index in [0.29, 0.717) is 5.56 Å². The average Bonchev–Trinajstić information content (AvgIpc) is 3.03. The van der Waals surface area contributed by atoms with Crippen LogP contribution in [-0.2, 0) is 6.54 Å². The molecule has 2 aliphatic carbocycles. The number of nitrogens with two attached hydrogens (primary N) is 1. The van der Waals surface area contributed by atoms with Gasteiger partial charge in [0.2, 0.25) is 0 Å². The van der Waals surface area contributed by atoms with E-state index in [4.69, 9.17) is 18.0 Å². The molecule has 0 amide bonds. The lowest BCUT2D eigenvalue weighted by atomic mass is 9.88. The third-order valence-electron chi connectivity index (χ3n) is 5.18. The first-order chi connectivity index (χ1) is 10.0. The number of hydrogen-bond donors (Lipinski definition) is 1. The molecule has 2 bridgehead atoms. The summed E-state index contributed by atoms with van der Waals surface area (Å²) in [5, 5.41) is 0. The van der Waals surface area contributed by atoms with Gasteiger partial charge in [0.25, 0.3) is 0 Å². The van der Waals surface area contributed by atoms with Crippen molar-refractivity contribution in [1.29, 1.82) is 0 Å². The molecule has 3 atom stereocenters. The maximum atomic E-state index is 13.6. The number of hydrogen-bond acceptors (Lipinski definition) is 2. The second kappa shape index (κ2) is 6.01. The molecule has 0 aliphatic heterocycles. The van der Waals surface area contributed by atoms with Crippen LogP contribution in [0.5, 0.6) is 0 Å². The minimum atomic E-state index is -0.331. The SMILES string of the molecule is CN(Cc1ccc(F)c(C(N)=S)c1)CC1CC2CCC1C2. The van der Waals surface area contributed by atoms with Crippen molar-refractivity contribution < 1.29 is 4.39 Å². The topological polar surface area (TPSA) is 29.3 Å². The van der Waals surface area contributed by atoms with Gasteiger partial charge in [-0.05, 0) is 61.8 Å². The van der Waals surface area contributed by atoms with Gasteiger partial charge in [-0.1, -0.05) is 24.7 Å². The van der Waals surface area contributed by atoms with E-state index in [1.54, 1.807) is 6.07 Å². The lowest BCUT2D eigenvalue weighted by Gasteiger charge is -2.27. The molecule has 0 saturated heterocycles. The number of benzene rings is 1. The first-order valence-electron chi connectivity index (χ1n) is 7.79. The third-order valence-corrected chi connectivity index (χ3v) is 5.40. The Hall–Kier alpha value is -1.00. The molecule has 2 N–H and O–H groups in total. The van der Waals surface area contributed by atoms with Crippen LogP contribution in [0.4, 0.5) is 4.39 Å². The fourth-order valence-electron chi connectivity index (χ4n) is 4.24. The minimum Gasteiger partial charge on any atom is -0.389 e. The van der Waals surface area contributed by atoms with Crippen LogP contribution in [0.2, 0.25) is 0 Å². The van der Waals surface area contributed by atoms with Crippen LogP contribution < -0.4 is 5.73 Å². The quantitative estimate of drug-likeness (QED) is 0.846. The molecule has 1 aromatic carbocycles. The van der Waals surface area contributed by atoms with E-state index in [9.17, 15) is 4.39 Å². The molecular formula is C17H23FN2S. The second-order valence-electron chi connectivity index (χ2n) is 6.81. The van der Waals surface area contributed by atoms with Gasteiger partial charge >= 0.3 is 0 Å². The molecule has 0 aromatic heterocycles. The third kappa shape index (κ3) is 3.27. The maximum absolute atomic E-state index is 13.6. The first-order valence-corrected chi connectivity index (χ1v) is 8.20. The van der Waals surface area contributed by atoms with Gasteiger partial charge in [0, 0.05) is 18.7 Å². The highest BCUT2D eigenvalue weighted by atomic mass is 32.1. The Labute approximate surface area is 131 Å². The van der Waals surface area contributed by atoms with Crippen molar-refractivity contribution in [3.63, 3.8) is 0 Å². The van der Waals surface area contributed by atoms with Gasteiger partial charge < -0.3 is 10.6 Å². The van der Waals surface area contributed by atoms with Gasteiger partial charge in [-0.15, -0.1) is 0 Å². The van der Waals surface area contributed by atoms with Crippen LogP contribution in [0.1, 0.15) is 36.8 Å². The van der Waals surface area contributed by atoms with E-state index in [-0.39, 0.29) is 10.8 Å². The van der Waals surface area contributed by atoms with Gasteiger partial charge in [0.1, 0.15) is 10.8 Å². The fourth-order valence-corrected chi connectivity index (χ4v) is 4.39. The minimum absolute atomic E-state index is 0.130. The summed E-state index contributed by atoms with van der Waals surface area (Å²) in [5.41, 5.74) is 7.00. The van der Waals surface area contributed by atoms with E-state index >= 15 is 0 Å². The van der Waals surface area contributed by atoms with Crippen molar-refractivity contribution in [2.75, 3.05) is 13.6 Å². The summed E-state index contributed by atoms with van der Waals surface area (Å²) in [5.74, 6) is 2.45. The Morgan fingerprint density at radius 3 is 2.81 bits per heavy atom. The summed E-state index contributed by atoms with van der Waals surface area (Å²) in [6, 6.07) is 5.08. The zero-order valence-corrected chi connectivity index (χ0v) is 13.3. The van der Waals surface area contributed by atoms with Crippen molar-refractivity contribution in [2.45, 2.75) is 32.2 Å². The normalized spacial score (nSPS) is 27.5. The second-order valence-corrected chi connectivity index (χ2v) is 7.25. The van der Waals surface area contributed by atoms with Crippen LogP contribution >= 0.6 is 12.2 Å². The maximum Gasteiger partial charge on any atom is 0.133 e. The molecule has 114 valence electrons. The smallest absolute Gasteiger partial charge is 0.133 e. The number of rotatable bonds is 5. The van der Waals surface area contributed by atoms with Gasteiger partial charge in [-0.25, -0.2) is 4.39 Å². The Kier molecular flexibility index (Phi) is 4.27. The van der Waals surface area contributed by atoms with Crippen LogP contribution in [0.25, 0.3) is 0 Å². The summed E-state index contributed by atoms with van der Waals surface area (Å²) >= 11 is 4.90. The molecule has 3 rings (SSSR count). The van der Waals surface area contributed by atoms with Crippen LogP contribution in [0, 0.1) is 23.6 Å². The lowest BCUT2D eigenvalue weighted by molar-refractivity contribution is 0.214. The summed E-state index contributed by atoms with van der Waals surface area (Å²) in [6.45, 7) is 1.96. The number of halogens is 1. The monoisotopic (exact) mass is 306 g/mol. The summed E-state index contributed by atoms with van der Waals surface area (Å²) in [6.07, 6.45) is 5.71. The molecule has 2 fully saturated rings. The van der Waals surface area contributed by atoms with E-state index in [0.717, 1.165) is 36.4 Å². The van der Waals surface area contributed by atoms with Gasteiger partial charge in [-0.3, -0.25) is 0 Å². The Morgan fingerprint density at radius 2 is 2.19 bits per heavy atom. The zero-order chi connectivity index (χ0) is 15.0. The number of nitrogens with zero attached hydrogens (tertiary/aromatic N) is 1. The van der Waals surface area contributed by atoms with Crippen molar-refractivity contribution in [2.24, 2.45) is 23.5 Å². The zero-order valence-electron chi connectivity index (χ0n) is 12.5. The largest absolute Gasteiger partial charge is 0.389 e. The Balaban J connectivity index is 1.61. The molecule has 0 radical (unpaired) electrons. The highest BCUT2D eigenvalue weighted by Gasteiger charge is 2.39. The first kappa shape index (κ1) is 14.9. The Morgan fingerprint density at radius 1 is 1.38 bits per heavy atom. The molecule has 21 heavy (non-hydrogen) atoms. The van der Waals surface area contributed by atoms with E-state index < -0.39 is 0 Å². The van der Waals surface area contributed by atoms with E-state index in [1.807, 2.05) is 6.07 Å². The van der Waals surface area contributed by atoms with Crippen LogP contribution in [-0.4, -0.2) is 23.5 Å².